The number of halogens is 1. The first-order chi connectivity index (χ1) is 9.61. The van der Waals surface area contributed by atoms with E-state index in [0.29, 0.717) is 23.2 Å². The molecule has 20 heavy (non-hydrogen) atoms. The van der Waals surface area contributed by atoms with Gasteiger partial charge in [-0.15, -0.1) is 0 Å². The molecular formula is C15H17ClN2O2. The highest BCUT2D eigenvalue weighted by Gasteiger charge is 2.15. The van der Waals surface area contributed by atoms with Gasteiger partial charge >= 0.3 is 0 Å². The third-order valence-corrected chi connectivity index (χ3v) is 3.22. The Balaban J connectivity index is 2.23. The largest absolute Gasteiger partial charge is 0.439 e. The maximum absolute atomic E-state index is 8.89. The Morgan fingerprint density at radius 1 is 1.20 bits per heavy atom. The number of aliphatic hydroxyl groups excluding tert-OH is 1. The van der Waals surface area contributed by atoms with Crippen LogP contribution >= 0.6 is 11.6 Å². The molecule has 2 rings (SSSR count). The standard InChI is InChI=1S/C15H17ClN2O2/c1-10(2)13-14(16)17-9-18-15(13)20-12-5-3-11(4-6-12)7-8-19/h3-6,9-10,19H,7-8H2,1-2H3. The Labute approximate surface area is 123 Å². The number of hydrogen-bond acceptors (Lipinski definition) is 4. The molecule has 1 heterocycles. The predicted molar refractivity (Wildman–Crippen MR) is 78.4 cm³/mol. The molecule has 106 valence electrons. The summed E-state index contributed by atoms with van der Waals surface area (Å²) in [6, 6.07) is 7.54. The first kappa shape index (κ1) is 14.8. The Kier molecular flexibility index (Phi) is 4.93. The maximum Gasteiger partial charge on any atom is 0.227 e. The zero-order valence-corrected chi connectivity index (χ0v) is 12.3. The second-order valence-corrected chi connectivity index (χ2v) is 5.12. The molecule has 0 saturated heterocycles. The third-order valence-electron chi connectivity index (χ3n) is 2.91. The first-order valence-corrected chi connectivity index (χ1v) is 6.87. The van der Waals surface area contributed by atoms with Crippen LogP contribution < -0.4 is 4.74 Å². The zero-order valence-electron chi connectivity index (χ0n) is 11.5. The minimum Gasteiger partial charge on any atom is -0.439 e. The monoisotopic (exact) mass is 292 g/mol. The fourth-order valence-corrected chi connectivity index (χ4v) is 2.23. The number of ether oxygens (including phenoxy) is 1. The lowest BCUT2D eigenvalue weighted by molar-refractivity contribution is 0.299. The lowest BCUT2D eigenvalue weighted by atomic mass is 10.1. The van der Waals surface area contributed by atoms with Gasteiger partial charge in [0.25, 0.3) is 0 Å². The number of benzene rings is 1. The number of aromatic nitrogens is 2. The summed E-state index contributed by atoms with van der Waals surface area (Å²) in [5.41, 5.74) is 1.86. The van der Waals surface area contributed by atoms with Crippen molar-refractivity contribution in [3.05, 3.63) is 46.9 Å². The summed E-state index contributed by atoms with van der Waals surface area (Å²) in [4.78, 5) is 8.14. The molecule has 5 heteroatoms. The van der Waals surface area contributed by atoms with Crippen LogP contribution in [0.2, 0.25) is 5.15 Å². The molecule has 0 bridgehead atoms. The van der Waals surface area contributed by atoms with Gasteiger partial charge in [0.15, 0.2) is 0 Å². The summed E-state index contributed by atoms with van der Waals surface area (Å²) in [6.45, 7) is 4.17. The molecule has 0 aliphatic rings. The van der Waals surface area contributed by atoms with E-state index in [1.165, 1.54) is 6.33 Å². The average molecular weight is 293 g/mol. The minimum atomic E-state index is 0.138. The van der Waals surface area contributed by atoms with Crippen LogP contribution in [0, 0.1) is 0 Å². The molecule has 0 spiro atoms. The number of nitrogens with zero attached hydrogens (tertiary/aromatic N) is 2. The van der Waals surface area contributed by atoms with Crippen molar-refractivity contribution in [1.82, 2.24) is 9.97 Å². The molecular weight excluding hydrogens is 276 g/mol. The normalized spacial score (nSPS) is 10.8. The van der Waals surface area contributed by atoms with E-state index in [4.69, 9.17) is 21.4 Å². The fourth-order valence-electron chi connectivity index (χ4n) is 1.89. The fraction of sp³-hybridized carbons (Fsp3) is 0.333. The quantitative estimate of drug-likeness (QED) is 0.856. The van der Waals surface area contributed by atoms with Gasteiger partial charge in [-0.2, -0.15) is 0 Å². The van der Waals surface area contributed by atoms with E-state index < -0.39 is 0 Å². The Morgan fingerprint density at radius 2 is 1.90 bits per heavy atom. The van der Waals surface area contributed by atoms with E-state index >= 15 is 0 Å². The summed E-state index contributed by atoms with van der Waals surface area (Å²) in [5.74, 6) is 1.34. The molecule has 0 amide bonds. The summed E-state index contributed by atoms with van der Waals surface area (Å²) < 4.78 is 5.79. The van der Waals surface area contributed by atoms with E-state index in [9.17, 15) is 0 Å². The van der Waals surface area contributed by atoms with Crippen molar-refractivity contribution < 1.29 is 9.84 Å². The van der Waals surface area contributed by atoms with Crippen LogP contribution in [-0.2, 0) is 6.42 Å². The summed E-state index contributed by atoms with van der Waals surface area (Å²) in [7, 11) is 0. The molecule has 0 saturated carbocycles. The Hall–Kier alpha value is -1.65. The van der Waals surface area contributed by atoms with Crippen molar-refractivity contribution in [1.29, 1.82) is 0 Å². The SMILES string of the molecule is CC(C)c1c(Cl)ncnc1Oc1ccc(CCO)cc1. The van der Waals surface area contributed by atoms with E-state index in [-0.39, 0.29) is 12.5 Å². The molecule has 0 unspecified atom stereocenters. The molecule has 0 aliphatic carbocycles. The summed E-state index contributed by atoms with van der Waals surface area (Å²) in [5, 5.41) is 9.31. The van der Waals surface area contributed by atoms with E-state index in [0.717, 1.165) is 11.1 Å². The van der Waals surface area contributed by atoms with Gasteiger partial charge in [-0.1, -0.05) is 37.6 Å². The van der Waals surface area contributed by atoms with Crippen molar-refractivity contribution in [3.8, 4) is 11.6 Å². The van der Waals surface area contributed by atoms with Gasteiger partial charge in [-0.3, -0.25) is 0 Å². The van der Waals surface area contributed by atoms with Gasteiger partial charge in [-0.25, -0.2) is 9.97 Å². The van der Waals surface area contributed by atoms with Gasteiger partial charge in [-0.05, 0) is 30.0 Å². The Morgan fingerprint density at radius 3 is 2.50 bits per heavy atom. The molecule has 0 fully saturated rings. The maximum atomic E-state index is 8.89. The van der Waals surface area contributed by atoms with Crippen LogP contribution in [0.3, 0.4) is 0 Å². The highest BCUT2D eigenvalue weighted by Crippen LogP contribution is 2.32. The van der Waals surface area contributed by atoms with Crippen LogP contribution in [0.5, 0.6) is 11.6 Å². The molecule has 2 aromatic rings. The highest BCUT2D eigenvalue weighted by atomic mass is 35.5. The third kappa shape index (κ3) is 3.46. The lowest BCUT2D eigenvalue weighted by Gasteiger charge is -2.13. The van der Waals surface area contributed by atoms with Crippen LogP contribution in [-0.4, -0.2) is 21.7 Å². The Bertz CT molecular complexity index is 571. The highest BCUT2D eigenvalue weighted by molar-refractivity contribution is 6.30. The van der Waals surface area contributed by atoms with E-state index in [1.54, 1.807) is 0 Å². The second kappa shape index (κ2) is 6.68. The van der Waals surface area contributed by atoms with Crippen LogP contribution in [0.4, 0.5) is 0 Å². The van der Waals surface area contributed by atoms with Crippen molar-refractivity contribution in [3.63, 3.8) is 0 Å². The van der Waals surface area contributed by atoms with E-state index in [1.807, 2.05) is 38.1 Å². The van der Waals surface area contributed by atoms with Gasteiger partial charge in [0.05, 0.1) is 5.56 Å². The number of aliphatic hydroxyl groups is 1. The molecule has 0 radical (unpaired) electrons. The minimum absolute atomic E-state index is 0.138. The average Bonchev–Trinajstić information content (AvgIpc) is 2.41. The lowest BCUT2D eigenvalue weighted by Crippen LogP contribution is -1.99. The summed E-state index contributed by atoms with van der Waals surface area (Å²) >= 11 is 6.10. The van der Waals surface area contributed by atoms with Crippen LogP contribution in [0.15, 0.2) is 30.6 Å². The van der Waals surface area contributed by atoms with Gasteiger partial charge in [0.2, 0.25) is 5.88 Å². The number of hydrogen-bond donors (Lipinski definition) is 1. The molecule has 4 nitrogen and oxygen atoms in total. The molecule has 1 aromatic heterocycles. The van der Waals surface area contributed by atoms with Crippen molar-refractivity contribution in [2.45, 2.75) is 26.2 Å². The van der Waals surface area contributed by atoms with Crippen LogP contribution in [0.25, 0.3) is 0 Å². The van der Waals surface area contributed by atoms with Gasteiger partial charge < -0.3 is 9.84 Å². The van der Waals surface area contributed by atoms with Crippen molar-refractivity contribution in [2.75, 3.05) is 6.61 Å². The predicted octanol–water partition coefficient (Wildman–Crippen LogP) is 3.58. The van der Waals surface area contributed by atoms with E-state index in [2.05, 4.69) is 9.97 Å². The molecule has 0 aliphatic heterocycles. The first-order valence-electron chi connectivity index (χ1n) is 6.50. The second-order valence-electron chi connectivity index (χ2n) is 4.76. The number of rotatable bonds is 5. The topological polar surface area (TPSA) is 55.2 Å². The molecule has 0 atom stereocenters. The van der Waals surface area contributed by atoms with Gasteiger partial charge in [0.1, 0.15) is 17.2 Å². The zero-order chi connectivity index (χ0) is 14.5. The smallest absolute Gasteiger partial charge is 0.227 e. The molecule has 1 N–H and O–H groups in total. The van der Waals surface area contributed by atoms with Gasteiger partial charge in [0, 0.05) is 6.61 Å². The van der Waals surface area contributed by atoms with Crippen molar-refractivity contribution in [2.24, 2.45) is 0 Å². The van der Waals surface area contributed by atoms with Crippen molar-refractivity contribution >= 4 is 11.6 Å². The summed E-state index contributed by atoms with van der Waals surface area (Å²) in [6.07, 6.45) is 2.03. The molecule has 1 aromatic carbocycles. The van der Waals surface area contributed by atoms with Crippen LogP contribution in [0.1, 0.15) is 30.9 Å².